The first-order chi connectivity index (χ1) is 4.97. The molecule has 0 bridgehead atoms. The summed E-state index contributed by atoms with van der Waals surface area (Å²) in [5, 5.41) is 6.61. The van der Waals surface area contributed by atoms with E-state index in [9.17, 15) is 0 Å². The molecule has 1 nitrogen and oxygen atoms in total. The summed E-state index contributed by atoms with van der Waals surface area (Å²) >= 11 is 0. The molecule has 11 heavy (non-hydrogen) atoms. The van der Waals surface area contributed by atoms with E-state index in [-0.39, 0.29) is 5.54 Å². The number of hydrogen-bond acceptors (Lipinski definition) is 1. The normalized spacial score (nSPS) is 21.8. The van der Waals surface area contributed by atoms with E-state index in [0.29, 0.717) is 0 Å². The molecular formula is C9H17NS. The third-order valence-electron chi connectivity index (χ3n) is 1.83. The van der Waals surface area contributed by atoms with E-state index >= 15 is 0 Å². The van der Waals surface area contributed by atoms with Crippen molar-refractivity contribution in [3.8, 4) is 11.2 Å². The van der Waals surface area contributed by atoms with Gasteiger partial charge in [-0.25, -0.2) is 0 Å². The SMILES string of the molecule is CNC1(C#CS(C)(C)C)CC1. The lowest BCUT2D eigenvalue weighted by molar-refractivity contribution is 0.693. The fourth-order valence-corrected chi connectivity index (χ4v) is 1.31. The molecule has 1 aliphatic carbocycles. The Balaban J connectivity index is 2.57. The van der Waals surface area contributed by atoms with Gasteiger partial charge in [0.2, 0.25) is 0 Å². The predicted molar refractivity (Wildman–Crippen MR) is 54.2 cm³/mol. The highest BCUT2D eigenvalue weighted by atomic mass is 32.3. The molecule has 1 rings (SSSR count). The van der Waals surface area contributed by atoms with E-state index in [0.717, 1.165) is 0 Å². The van der Waals surface area contributed by atoms with Crippen LogP contribution in [0.4, 0.5) is 0 Å². The first-order valence-corrected chi connectivity index (χ1v) is 6.74. The van der Waals surface area contributed by atoms with Crippen LogP contribution in [0.3, 0.4) is 0 Å². The van der Waals surface area contributed by atoms with E-state index in [2.05, 4.69) is 35.3 Å². The van der Waals surface area contributed by atoms with Gasteiger partial charge >= 0.3 is 0 Å². The largest absolute Gasteiger partial charge is 0.304 e. The molecule has 1 N–H and O–H groups in total. The summed E-state index contributed by atoms with van der Waals surface area (Å²) in [5.41, 5.74) is 0.209. The second-order valence-electron chi connectivity index (χ2n) is 3.90. The Morgan fingerprint density at radius 2 is 1.82 bits per heavy atom. The first-order valence-electron chi connectivity index (χ1n) is 3.89. The van der Waals surface area contributed by atoms with Crippen molar-refractivity contribution in [3.63, 3.8) is 0 Å². The molecule has 1 fully saturated rings. The molecule has 1 saturated carbocycles. The van der Waals surface area contributed by atoms with Gasteiger partial charge in [0.1, 0.15) is 0 Å². The molecule has 2 heteroatoms. The smallest absolute Gasteiger partial charge is 0.0808 e. The van der Waals surface area contributed by atoms with Gasteiger partial charge in [-0.15, -0.1) is 0 Å². The van der Waals surface area contributed by atoms with Crippen LogP contribution in [0, 0.1) is 11.2 Å². The van der Waals surface area contributed by atoms with Crippen LogP contribution < -0.4 is 5.32 Å². The number of hydrogen-bond donors (Lipinski definition) is 1. The summed E-state index contributed by atoms with van der Waals surface area (Å²) in [7, 11) is 1.37. The molecule has 0 atom stereocenters. The quantitative estimate of drug-likeness (QED) is 0.588. The molecule has 0 aromatic heterocycles. The van der Waals surface area contributed by atoms with Crippen molar-refractivity contribution in [1.29, 1.82) is 0 Å². The lowest BCUT2D eigenvalue weighted by Crippen LogP contribution is -2.24. The highest BCUT2D eigenvalue weighted by molar-refractivity contribution is 8.35. The molecule has 0 aromatic carbocycles. The van der Waals surface area contributed by atoms with Crippen LogP contribution in [0.15, 0.2) is 0 Å². The molecule has 0 aliphatic heterocycles. The summed E-state index contributed by atoms with van der Waals surface area (Å²) < 4.78 is 0. The molecule has 0 amide bonds. The van der Waals surface area contributed by atoms with Crippen LogP contribution in [0.5, 0.6) is 0 Å². The lowest BCUT2D eigenvalue weighted by atomic mass is 10.3. The summed E-state index contributed by atoms with van der Waals surface area (Å²) in [5.74, 6) is 3.34. The van der Waals surface area contributed by atoms with Crippen molar-refractivity contribution in [1.82, 2.24) is 5.32 Å². The van der Waals surface area contributed by atoms with Gasteiger partial charge in [0.25, 0.3) is 0 Å². The van der Waals surface area contributed by atoms with E-state index < -0.39 is 10.0 Å². The van der Waals surface area contributed by atoms with Crippen molar-refractivity contribution in [2.24, 2.45) is 0 Å². The Bertz CT molecular complexity index is 200. The van der Waals surface area contributed by atoms with Crippen LogP contribution in [0.1, 0.15) is 12.8 Å². The zero-order valence-corrected chi connectivity index (χ0v) is 8.64. The molecule has 0 saturated heterocycles. The first kappa shape index (κ1) is 8.96. The minimum absolute atomic E-state index is 0.209. The van der Waals surface area contributed by atoms with Crippen molar-refractivity contribution in [2.75, 3.05) is 25.8 Å². The maximum Gasteiger partial charge on any atom is 0.0808 e. The molecule has 0 heterocycles. The van der Waals surface area contributed by atoms with E-state index in [1.54, 1.807) is 0 Å². The van der Waals surface area contributed by atoms with Crippen molar-refractivity contribution in [3.05, 3.63) is 0 Å². The van der Waals surface area contributed by atoms with Gasteiger partial charge < -0.3 is 5.32 Å². The van der Waals surface area contributed by atoms with Crippen LogP contribution in [0.25, 0.3) is 0 Å². The third kappa shape index (κ3) is 2.76. The fourth-order valence-electron chi connectivity index (χ4n) is 0.813. The van der Waals surface area contributed by atoms with Gasteiger partial charge in [0.05, 0.1) is 5.54 Å². The minimum Gasteiger partial charge on any atom is -0.304 e. The van der Waals surface area contributed by atoms with Gasteiger partial charge in [-0.1, -0.05) is 11.2 Å². The van der Waals surface area contributed by atoms with E-state index in [1.807, 2.05) is 7.05 Å². The number of nitrogens with one attached hydrogen (secondary N) is 1. The molecule has 64 valence electrons. The second-order valence-corrected chi connectivity index (χ2v) is 7.77. The molecular weight excluding hydrogens is 154 g/mol. The summed E-state index contributed by atoms with van der Waals surface area (Å²) in [6.07, 6.45) is 9.14. The molecule has 0 spiro atoms. The maximum atomic E-state index is 3.35. The van der Waals surface area contributed by atoms with Crippen LogP contribution in [-0.2, 0) is 0 Å². The highest BCUT2D eigenvalue weighted by Gasteiger charge is 2.39. The molecule has 1 aliphatic rings. The zero-order chi connectivity index (χ0) is 8.54. The Morgan fingerprint density at radius 1 is 1.27 bits per heavy atom. The zero-order valence-electron chi connectivity index (χ0n) is 7.82. The lowest BCUT2D eigenvalue weighted by Gasteiger charge is -2.16. The van der Waals surface area contributed by atoms with Gasteiger partial charge in [-0.2, -0.15) is 10.0 Å². The van der Waals surface area contributed by atoms with E-state index in [1.165, 1.54) is 12.8 Å². The fraction of sp³-hybridized carbons (Fsp3) is 0.778. The van der Waals surface area contributed by atoms with Crippen molar-refractivity contribution < 1.29 is 0 Å². The van der Waals surface area contributed by atoms with Gasteiger partial charge in [0, 0.05) is 0 Å². The highest BCUT2D eigenvalue weighted by Crippen LogP contribution is 2.37. The molecule has 0 aromatic rings. The Kier molecular flexibility index (Phi) is 2.22. The third-order valence-corrected chi connectivity index (χ3v) is 2.54. The summed E-state index contributed by atoms with van der Waals surface area (Å²) in [4.78, 5) is 0. The van der Waals surface area contributed by atoms with Crippen molar-refractivity contribution in [2.45, 2.75) is 18.4 Å². The maximum absolute atomic E-state index is 3.35. The molecule has 0 radical (unpaired) electrons. The van der Waals surface area contributed by atoms with Gasteiger partial charge in [-0.3, -0.25) is 0 Å². The Morgan fingerprint density at radius 3 is 2.09 bits per heavy atom. The standard InChI is InChI=1S/C9H17NS/c1-10-9(5-6-9)7-8-11(2,3)4/h10H,5-6H2,1-4H3. The van der Waals surface area contributed by atoms with Crippen LogP contribution >= 0.6 is 10.0 Å². The predicted octanol–water partition coefficient (Wildman–Crippen LogP) is 1.39. The average molecular weight is 171 g/mol. The molecule has 0 unspecified atom stereocenters. The van der Waals surface area contributed by atoms with Crippen LogP contribution in [-0.4, -0.2) is 31.4 Å². The minimum atomic E-state index is -0.629. The van der Waals surface area contributed by atoms with Crippen LogP contribution in [0.2, 0.25) is 0 Å². The average Bonchev–Trinajstić information content (AvgIpc) is 2.63. The monoisotopic (exact) mass is 171 g/mol. The van der Waals surface area contributed by atoms with Gasteiger partial charge in [0.15, 0.2) is 0 Å². The summed E-state index contributed by atoms with van der Waals surface area (Å²) in [6, 6.07) is 0. The second kappa shape index (κ2) is 2.73. The Hall–Kier alpha value is -0.130. The topological polar surface area (TPSA) is 12.0 Å². The Labute approximate surface area is 71.3 Å². The van der Waals surface area contributed by atoms with Gasteiger partial charge in [-0.05, 0) is 38.7 Å². The van der Waals surface area contributed by atoms with E-state index in [4.69, 9.17) is 0 Å². The number of rotatable bonds is 1. The van der Waals surface area contributed by atoms with Crippen molar-refractivity contribution >= 4 is 10.0 Å². The summed E-state index contributed by atoms with van der Waals surface area (Å²) in [6.45, 7) is 0.